The van der Waals surface area contributed by atoms with Gasteiger partial charge in [-0.1, -0.05) is 25.5 Å². The van der Waals surface area contributed by atoms with E-state index in [1.165, 1.54) is 12.1 Å². The van der Waals surface area contributed by atoms with Crippen molar-refractivity contribution in [1.29, 1.82) is 0 Å². The molecule has 43 heavy (non-hydrogen) atoms. The summed E-state index contributed by atoms with van der Waals surface area (Å²) in [6, 6.07) is 13.2. The zero-order valence-corrected chi connectivity index (χ0v) is 23.3. The molecule has 2 N–H and O–H groups in total. The minimum Gasteiger partial charge on any atom is -0.508 e. The fraction of sp³-hybridized carbons (Fsp3) is 0.300. The molecule has 224 valence electrons. The Hall–Kier alpha value is -4.65. The molecule has 13 heteroatoms. The van der Waals surface area contributed by atoms with Crippen LogP contribution in [0.4, 0.5) is 40.7 Å². The molecule has 1 aliphatic rings. The maximum absolute atomic E-state index is 14.3. The van der Waals surface area contributed by atoms with Crippen LogP contribution in [0.15, 0.2) is 71.0 Å². The number of hydrogen-bond donors (Lipinski definition) is 2. The van der Waals surface area contributed by atoms with Gasteiger partial charge in [-0.25, -0.2) is 9.37 Å². The molecule has 0 unspecified atom stereocenters. The molecule has 1 saturated heterocycles. The zero-order valence-electron chi connectivity index (χ0n) is 23.3. The van der Waals surface area contributed by atoms with E-state index in [0.29, 0.717) is 60.9 Å². The Bertz CT molecular complexity index is 1610. The summed E-state index contributed by atoms with van der Waals surface area (Å²) >= 11 is 0. The van der Waals surface area contributed by atoms with E-state index in [2.05, 4.69) is 30.5 Å². The van der Waals surface area contributed by atoms with Gasteiger partial charge < -0.3 is 20.1 Å². The summed E-state index contributed by atoms with van der Waals surface area (Å²) in [6.45, 7) is 4.03. The number of halogens is 4. The van der Waals surface area contributed by atoms with Crippen LogP contribution in [0, 0.1) is 5.82 Å². The number of aryl methyl sites for hydroxylation is 1. The van der Waals surface area contributed by atoms with Crippen LogP contribution >= 0.6 is 0 Å². The number of nitrogens with one attached hydrogen (secondary N) is 1. The van der Waals surface area contributed by atoms with Crippen molar-refractivity contribution in [2.45, 2.75) is 32.5 Å². The molecule has 0 bridgehead atoms. The summed E-state index contributed by atoms with van der Waals surface area (Å²) in [5.41, 5.74) is 1.94. The van der Waals surface area contributed by atoms with Crippen molar-refractivity contribution >= 4 is 23.1 Å². The number of anilines is 3. The Kier molecular flexibility index (Phi) is 9.10. The van der Waals surface area contributed by atoms with E-state index in [-0.39, 0.29) is 29.7 Å². The van der Waals surface area contributed by atoms with E-state index >= 15 is 0 Å². The highest BCUT2D eigenvalue weighted by molar-refractivity contribution is 5.73. The quantitative estimate of drug-likeness (QED) is 0.155. The number of alkyl halides is 3. The number of azo groups is 1. The highest BCUT2D eigenvalue weighted by atomic mass is 19.4. The van der Waals surface area contributed by atoms with Crippen LogP contribution < -0.4 is 10.2 Å². The number of aromatic nitrogens is 3. The number of phenolic OH excluding ortho intramolecular Hbond substituents is 1. The van der Waals surface area contributed by atoms with Crippen molar-refractivity contribution < 1.29 is 27.4 Å². The minimum atomic E-state index is -4.57. The van der Waals surface area contributed by atoms with Gasteiger partial charge in [-0.2, -0.15) is 23.3 Å². The third-order valence-electron chi connectivity index (χ3n) is 6.65. The average Bonchev–Trinajstić information content (AvgIpc) is 2.99. The van der Waals surface area contributed by atoms with Gasteiger partial charge in [0.2, 0.25) is 0 Å². The van der Waals surface area contributed by atoms with Crippen molar-refractivity contribution in [3.8, 4) is 16.9 Å². The first-order valence-corrected chi connectivity index (χ1v) is 13.7. The van der Waals surface area contributed by atoms with E-state index in [0.717, 1.165) is 24.8 Å². The lowest BCUT2D eigenvalue weighted by Crippen LogP contribution is -2.37. The summed E-state index contributed by atoms with van der Waals surface area (Å²) in [5, 5.41) is 21.1. The molecule has 3 heterocycles. The molecule has 0 atom stereocenters. The standard InChI is InChI=1S/C30H29F4N7O2/c1-2-4-26-27(38-23-14-20(13-21(16-23)30(32,33)34)19-5-3-6-24(42)15-19)8-7-22(37-26)17-36-40-29-35-18-25(31)28(39-29)41-9-11-43-12-10-41/h3,5-8,13-16,18,38,42H,2,4,9-12,17H2,1H3. The van der Waals surface area contributed by atoms with Gasteiger partial charge in [0.05, 0.1) is 42.0 Å². The van der Waals surface area contributed by atoms with E-state index < -0.39 is 17.6 Å². The zero-order chi connectivity index (χ0) is 30.4. The van der Waals surface area contributed by atoms with Crippen LogP contribution in [0.25, 0.3) is 11.1 Å². The van der Waals surface area contributed by atoms with Crippen molar-refractivity contribution in [1.82, 2.24) is 15.0 Å². The fourth-order valence-corrected chi connectivity index (χ4v) is 4.61. The van der Waals surface area contributed by atoms with E-state index in [1.54, 1.807) is 35.2 Å². The van der Waals surface area contributed by atoms with Gasteiger partial charge in [0.1, 0.15) is 12.3 Å². The molecule has 5 rings (SSSR count). The van der Waals surface area contributed by atoms with Gasteiger partial charge in [0.25, 0.3) is 5.95 Å². The normalized spacial score (nSPS) is 13.9. The molecule has 1 aliphatic heterocycles. The average molecular weight is 596 g/mol. The van der Waals surface area contributed by atoms with Crippen LogP contribution in [0.1, 0.15) is 30.3 Å². The molecular weight excluding hydrogens is 566 g/mol. The smallest absolute Gasteiger partial charge is 0.416 e. The highest BCUT2D eigenvalue weighted by Crippen LogP contribution is 2.36. The maximum Gasteiger partial charge on any atom is 0.416 e. The van der Waals surface area contributed by atoms with Gasteiger partial charge in [-0.3, -0.25) is 4.98 Å². The van der Waals surface area contributed by atoms with Crippen LogP contribution in [0.3, 0.4) is 0 Å². The number of nitrogens with zero attached hydrogens (tertiary/aromatic N) is 6. The van der Waals surface area contributed by atoms with E-state index in [4.69, 9.17) is 4.74 Å². The van der Waals surface area contributed by atoms with Crippen molar-refractivity contribution in [2.75, 3.05) is 36.5 Å². The number of rotatable bonds is 9. The molecule has 0 amide bonds. The van der Waals surface area contributed by atoms with E-state index in [1.807, 2.05) is 6.92 Å². The summed E-state index contributed by atoms with van der Waals surface area (Å²) in [5.74, 6) is -0.436. The summed E-state index contributed by atoms with van der Waals surface area (Å²) in [6.07, 6.45) is -2.20. The molecule has 1 fully saturated rings. The predicted molar refractivity (Wildman–Crippen MR) is 153 cm³/mol. The number of aromatic hydroxyl groups is 1. The van der Waals surface area contributed by atoms with Crippen LogP contribution in [0.2, 0.25) is 0 Å². The van der Waals surface area contributed by atoms with Gasteiger partial charge in [0, 0.05) is 18.8 Å². The lowest BCUT2D eigenvalue weighted by Gasteiger charge is -2.27. The third kappa shape index (κ3) is 7.60. The van der Waals surface area contributed by atoms with Gasteiger partial charge >= 0.3 is 6.18 Å². The SMILES string of the molecule is CCCc1nc(CN=Nc2ncc(F)c(N3CCOCC3)n2)ccc1Nc1cc(-c2cccc(O)c2)cc(C(F)(F)F)c1. The Morgan fingerprint density at radius 2 is 1.84 bits per heavy atom. The second-order valence-corrected chi connectivity index (χ2v) is 9.86. The number of benzene rings is 2. The van der Waals surface area contributed by atoms with Crippen LogP contribution in [-0.4, -0.2) is 46.4 Å². The van der Waals surface area contributed by atoms with Gasteiger partial charge in [-0.05, 0) is 60.0 Å². The molecule has 2 aromatic carbocycles. The lowest BCUT2D eigenvalue weighted by molar-refractivity contribution is -0.137. The Balaban J connectivity index is 1.36. The molecule has 4 aromatic rings. The van der Waals surface area contributed by atoms with Crippen LogP contribution in [-0.2, 0) is 23.9 Å². The van der Waals surface area contributed by atoms with Crippen molar-refractivity contribution in [3.63, 3.8) is 0 Å². The topological polar surface area (TPSA) is 108 Å². The molecule has 9 nitrogen and oxygen atoms in total. The van der Waals surface area contributed by atoms with Gasteiger partial charge in [-0.15, -0.1) is 5.11 Å². The predicted octanol–water partition coefficient (Wildman–Crippen LogP) is 7.22. The molecule has 0 aliphatic carbocycles. The third-order valence-corrected chi connectivity index (χ3v) is 6.65. The number of pyridine rings is 1. The first-order chi connectivity index (χ1) is 20.7. The number of morpholine rings is 1. The van der Waals surface area contributed by atoms with Crippen LogP contribution in [0.5, 0.6) is 5.75 Å². The van der Waals surface area contributed by atoms with Crippen molar-refractivity contribution in [3.05, 3.63) is 83.6 Å². The summed E-state index contributed by atoms with van der Waals surface area (Å²) in [7, 11) is 0. The maximum atomic E-state index is 14.3. The monoisotopic (exact) mass is 595 g/mol. The molecule has 2 aromatic heterocycles. The first kappa shape index (κ1) is 29.8. The number of phenols is 1. The molecule has 0 spiro atoms. The minimum absolute atomic E-state index is 0.0158. The van der Waals surface area contributed by atoms with E-state index in [9.17, 15) is 22.7 Å². The van der Waals surface area contributed by atoms with Crippen molar-refractivity contribution in [2.24, 2.45) is 10.2 Å². The highest BCUT2D eigenvalue weighted by Gasteiger charge is 2.31. The molecule has 0 radical (unpaired) electrons. The second-order valence-electron chi connectivity index (χ2n) is 9.86. The molecule has 0 saturated carbocycles. The largest absolute Gasteiger partial charge is 0.508 e. The summed E-state index contributed by atoms with van der Waals surface area (Å²) < 4.78 is 60.9. The number of ether oxygens (including phenoxy) is 1. The number of hydrogen-bond acceptors (Lipinski definition) is 9. The Morgan fingerprint density at radius 3 is 2.58 bits per heavy atom. The fourth-order valence-electron chi connectivity index (χ4n) is 4.61. The Labute approximate surface area is 245 Å². The van der Waals surface area contributed by atoms with Gasteiger partial charge in [0.15, 0.2) is 11.6 Å². The second kappa shape index (κ2) is 13.1. The first-order valence-electron chi connectivity index (χ1n) is 13.7. The Morgan fingerprint density at radius 1 is 1.02 bits per heavy atom. The summed E-state index contributed by atoms with van der Waals surface area (Å²) in [4.78, 5) is 14.5. The molecular formula is C30H29F4N7O2. The lowest BCUT2D eigenvalue weighted by atomic mass is 10.0.